The first-order valence-electron chi connectivity index (χ1n) is 15.9. The maximum atomic E-state index is 5.14. The minimum atomic E-state index is 0.865. The molecular formula is C44H31N3. The lowest BCUT2D eigenvalue weighted by Crippen LogP contribution is -2.11. The molecule has 0 saturated carbocycles. The van der Waals surface area contributed by atoms with Crippen LogP contribution in [0, 0.1) is 0 Å². The van der Waals surface area contributed by atoms with Crippen molar-refractivity contribution in [1.82, 2.24) is 9.97 Å². The van der Waals surface area contributed by atoms with E-state index in [4.69, 9.17) is 9.97 Å². The molecule has 0 unspecified atom stereocenters. The summed E-state index contributed by atoms with van der Waals surface area (Å²) in [5.41, 5.74) is 13.5. The Morgan fingerprint density at radius 2 is 0.766 bits per heavy atom. The molecule has 0 radical (unpaired) electrons. The topological polar surface area (TPSA) is 29.0 Å². The molecule has 8 aromatic rings. The van der Waals surface area contributed by atoms with Gasteiger partial charge in [-0.1, -0.05) is 146 Å². The molecule has 7 aromatic carbocycles. The average molecular weight is 602 g/mol. The molecule has 1 aromatic heterocycles. The summed E-state index contributed by atoms with van der Waals surface area (Å²) >= 11 is 0. The van der Waals surface area contributed by atoms with Crippen molar-refractivity contribution in [3.8, 4) is 44.8 Å². The Bertz CT molecular complexity index is 2270. The first-order chi connectivity index (χ1) is 23.3. The van der Waals surface area contributed by atoms with Crippen molar-refractivity contribution in [1.29, 1.82) is 0 Å². The third kappa shape index (κ3) is 5.56. The molecule has 8 rings (SSSR count). The van der Waals surface area contributed by atoms with Crippen molar-refractivity contribution in [2.45, 2.75) is 0 Å². The van der Waals surface area contributed by atoms with Gasteiger partial charge in [-0.15, -0.1) is 0 Å². The zero-order chi connectivity index (χ0) is 31.4. The van der Waals surface area contributed by atoms with E-state index in [9.17, 15) is 0 Å². The molecule has 0 amide bonds. The van der Waals surface area contributed by atoms with E-state index >= 15 is 0 Å². The highest BCUT2D eigenvalue weighted by molar-refractivity contribution is 5.97. The number of nitrogens with zero attached hydrogens (tertiary/aromatic N) is 3. The smallest absolute Gasteiger partial charge is 0.0973 e. The molecule has 0 aliphatic rings. The predicted octanol–water partition coefficient (Wildman–Crippen LogP) is 11.8. The Morgan fingerprint density at radius 3 is 1.34 bits per heavy atom. The van der Waals surface area contributed by atoms with Crippen LogP contribution in [0.1, 0.15) is 0 Å². The normalized spacial score (nSPS) is 11.0. The van der Waals surface area contributed by atoms with Crippen molar-refractivity contribution in [2.75, 3.05) is 4.90 Å². The second kappa shape index (κ2) is 12.6. The second-order valence-electron chi connectivity index (χ2n) is 11.4. The van der Waals surface area contributed by atoms with E-state index < -0.39 is 0 Å². The highest BCUT2D eigenvalue weighted by Gasteiger charge is 2.21. The summed E-state index contributed by atoms with van der Waals surface area (Å²) < 4.78 is 0. The Balaban J connectivity index is 1.31. The van der Waals surface area contributed by atoms with Crippen molar-refractivity contribution in [3.63, 3.8) is 0 Å². The number of anilines is 3. The third-order valence-electron chi connectivity index (χ3n) is 8.46. The summed E-state index contributed by atoms with van der Waals surface area (Å²) in [6.45, 7) is 0. The second-order valence-corrected chi connectivity index (χ2v) is 11.4. The molecule has 47 heavy (non-hydrogen) atoms. The van der Waals surface area contributed by atoms with E-state index in [0.29, 0.717) is 0 Å². The van der Waals surface area contributed by atoms with Crippen LogP contribution in [0.2, 0.25) is 0 Å². The van der Waals surface area contributed by atoms with Crippen LogP contribution in [0.15, 0.2) is 188 Å². The van der Waals surface area contributed by atoms with Crippen LogP contribution in [0.4, 0.5) is 17.1 Å². The number of para-hydroxylation sites is 3. The Morgan fingerprint density at radius 1 is 0.319 bits per heavy atom. The molecule has 0 saturated heterocycles. The Kier molecular flexibility index (Phi) is 7.54. The van der Waals surface area contributed by atoms with Crippen LogP contribution in [0.3, 0.4) is 0 Å². The highest BCUT2D eigenvalue weighted by atomic mass is 15.1. The number of rotatable bonds is 7. The van der Waals surface area contributed by atoms with Crippen molar-refractivity contribution in [3.05, 3.63) is 188 Å². The van der Waals surface area contributed by atoms with Gasteiger partial charge in [0.05, 0.1) is 28.1 Å². The van der Waals surface area contributed by atoms with E-state index in [1.807, 2.05) is 42.5 Å². The SMILES string of the molecule is c1ccc(-c2cccc(N(c3ccccc3)c3ccc(-c4nc5ccccc5nc4-c4ccccc4)cc3)c2-c2ccccc2)cc1. The molecule has 3 heteroatoms. The van der Waals surface area contributed by atoms with Gasteiger partial charge in [0, 0.05) is 28.1 Å². The largest absolute Gasteiger partial charge is 0.310 e. The summed E-state index contributed by atoms with van der Waals surface area (Å²) in [5, 5.41) is 0. The molecule has 0 aliphatic carbocycles. The van der Waals surface area contributed by atoms with Gasteiger partial charge in [0.2, 0.25) is 0 Å². The maximum absolute atomic E-state index is 5.14. The van der Waals surface area contributed by atoms with Crippen molar-refractivity contribution < 1.29 is 0 Å². The minimum Gasteiger partial charge on any atom is -0.310 e. The maximum Gasteiger partial charge on any atom is 0.0973 e. The predicted molar refractivity (Wildman–Crippen MR) is 196 cm³/mol. The van der Waals surface area contributed by atoms with Crippen molar-refractivity contribution >= 4 is 28.1 Å². The fourth-order valence-corrected chi connectivity index (χ4v) is 6.26. The number of hydrogen-bond acceptors (Lipinski definition) is 3. The van der Waals surface area contributed by atoms with Crippen LogP contribution in [-0.2, 0) is 0 Å². The third-order valence-corrected chi connectivity index (χ3v) is 8.46. The first-order valence-corrected chi connectivity index (χ1v) is 15.9. The number of hydrogen-bond donors (Lipinski definition) is 0. The van der Waals surface area contributed by atoms with Crippen molar-refractivity contribution in [2.24, 2.45) is 0 Å². The van der Waals surface area contributed by atoms with Gasteiger partial charge in [0.15, 0.2) is 0 Å². The van der Waals surface area contributed by atoms with Crippen LogP contribution < -0.4 is 4.90 Å². The van der Waals surface area contributed by atoms with Gasteiger partial charge in [-0.25, -0.2) is 9.97 Å². The van der Waals surface area contributed by atoms with E-state index in [1.54, 1.807) is 0 Å². The van der Waals surface area contributed by atoms with Gasteiger partial charge in [-0.3, -0.25) is 0 Å². The van der Waals surface area contributed by atoms with Gasteiger partial charge in [-0.05, 0) is 59.2 Å². The summed E-state index contributed by atoms with van der Waals surface area (Å²) in [6.07, 6.45) is 0. The minimum absolute atomic E-state index is 0.865. The molecule has 0 atom stereocenters. The van der Waals surface area contributed by atoms with Crippen LogP contribution in [0.5, 0.6) is 0 Å². The number of fused-ring (bicyclic) bond motifs is 1. The molecule has 0 fully saturated rings. The quantitative estimate of drug-likeness (QED) is 0.182. The van der Waals surface area contributed by atoms with E-state index in [0.717, 1.165) is 50.6 Å². The zero-order valence-corrected chi connectivity index (χ0v) is 25.7. The summed E-state index contributed by atoms with van der Waals surface area (Å²) in [6, 6.07) is 65.6. The fraction of sp³-hybridized carbons (Fsp3) is 0. The Hall–Kier alpha value is -6.32. The fourth-order valence-electron chi connectivity index (χ4n) is 6.26. The molecule has 0 bridgehead atoms. The summed E-state index contributed by atoms with van der Waals surface area (Å²) in [4.78, 5) is 12.6. The lowest BCUT2D eigenvalue weighted by atomic mass is 9.92. The summed E-state index contributed by atoms with van der Waals surface area (Å²) in [7, 11) is 0. The molecule has 3 nitrogen and oxygen atoms in total. The molecule has 1 heterocycles. The van der Waals surface area contributed by atoms with Gasteiger partial charge >= 0.3 is 0 Å². The van der Waals surface area contributed by atoms with E-state index in [1.165, 1.54) is 22.3 Å². The monoisotopic (exact) mass is 601 g/mol. The van der Waals surface area contributed by atoms with Gasteiger partial charge in [0.25, 0.3) is 0 Å². The molecule has 0 spiro atoms. The van der Waals surface area contributed by atoms with E-state index in [2.05, 4.69) is 150 Å². The van der Waals surface area contributed by atoms with Crippen LogP contribution in [0.25, 0.3) is 55.8 Å². The lowest BCUT2D eigenvalue weighted by Gasteiger charge is -2.29. The zero-order valence-electron chi connectivity index (χ0n) is 25.7. The van der Waals surface area contributed by atoms with Gasteiger partial charge in [-0.2, -0.15) is 0 Å². The Labute approximate surface area is 275 Å². The summed E-state index contributed by atoms with van der Waals surface area (Å²) in [5.74, 6) is 0. The standard InChI is InChI=1S/C44H31N3/c1-5-16-32(17-6-1)38-24-15-27-41(42(38)33-18-7-2-8-19-33)47(36-22-11-4-12-23-36)37-30-28-35(29-31-37)44-43(34-20-9-3-10-21-34)45-39-25-13-14-26-40(39)46-44/h1-31H. The highest BCUT2D eigenvalue weighted by Crippen LogP contribution is 2.45. The molecular weight excluding hydrogens is 571 g/mol. The van der Waals surface area contributed by atoms with Crippen LogP contribution >= 0.6 is 0 Å². The average Bonchev–Trinajstić information content (AvgIpc) is 3.16. The van der Waals surface area contributed by atoms with E-state index in [-0.39, 0.29) is 0 Å². The number of benzene rings is 7. The van der Waals surface area contributed by atoms with Gasteiger partial charge in [0.1, 0.15) is 0 Å². The van der Waals surface area contributed by atoms with Gasteiger partial charge < -0.3 is 4.90 Å². The first kappa shape index (κ1) is 28.2. The molecule has 0 N–H and O–H groups in total. The lowest BCUT2D eigenvalue weighted by molar-refractivity contribution is 1.27. The molecule has 222 valence electrons. The number of aromatic nitrogens is 2. The van der Waals surface area contributed by atoms with Crippen LogP contribution in [-0.4, -0.2) is 9.97 Å². The molecule has 0 aliphatic heterocycles.